The Morgan fingerprint density at radius 1 is 0.892 bits per heavy atom. The second kappa shape index (κ2) is 11.1. The Kier molecular flexibility index (Phi) is 7.66. The van der Waals surface area contributed by atoms with Crippen LogP contribution in [0, 0.1) is 10.1 Å². The predicted octanol–water partition coefficient (Wildman–Crippen LogP) is 4.45. The number of benzene rings is 3. The summed E-state index contributed by atoms with van der Waals surface area (Å²) in [6.45, 7) is 0.558. The minimum Gasteiger partial charge on any atom is -0.497 e. The summed E-state index contributed by atoms with van der Waals surface area (Å²) in [5.41, 5.74) is 2.27. The maximum Gasteiger partial charge on any atom is 0.269 e. The van der Waals surface area contributed by atoms with E-state index in [0.717, 1.165) is 11.1 Å². The minimum atomic E-state index is -0.469. The van der Waals surface area contributed by atoms with E-state index in [0.29, 0.717) is 47.3 Å². The van der Waals surface area contributed by atoms with E-state index < -0.39 is 11.0 Å². The topological polar surface area (TPSA) is 110 Å². The van der Waals surface area contributed by atoms with Crippen molar-refractivity contribution in [2.45, 2.75) is 12.5 Å². The number of nitro benzene ring substituents is 1. The number of nitrogens with zero attached hydrogens (tertiary/aromatic N) is 2. The Bertz CT molecular complexity index is 1270. The number of hydrogen-bond donors (Lipinski definition) is 0. The lowest BCUT2D eigenvalue weighted by atomic mass is 9.91. The van der Waals surface area contributed by atoms with Gasteiger partial charge in [-0.2, -0.15) is 0 Å². The number of methoxy groups -OCH3 is 4. The van der Waals surface area contributed by atoms with Gasteiger partial charge in [-0.25, -0.2) is 0 Å². The molecular weight excluding hydrogens is 480 g/mol. The third kappa shape index (κ3) is 5.37. The summed E-state index contributed by atoms with van der Waals surface area (Å²) < 4.78 is 27.7. The molecule has 1 aliphatic rings. The molecular formula is C27H28N2O8. The van der Waals surface area contributed by atoms with Crippen molar-refractivity contribution in [2.24, 2.45) is 0 Å². The summed E-state index contributed by atoms with van der Waals surface area (Å²) in [5.74, 6) is 2.39. The quantitative estimate of drug-likeness (QED) is 0.308. The molecule has 0 radical (unpaired) electrons. The second-order valence-electron chi connectivity index (χ2n) is 8.33. The van der Waals surface area contributed by atoms with Crippen LogP contribution < -0.4 is 23.7 Å². The normalized spacial score (nSPS) is 14.4. The number of ether oxygens (including phenoxy) is 5. The van der Waals surface area contributed by atoms with E-state index in [1.165, 1.54) is 38.5 Å². The summed E-state index contributed by atoms with van der Waals surface area (Å²) >= 11 is 0. The molecule has 0 unspecified atom stereocenters. The van der Waals surface area contributed by atoms with Gasteiger partial charge in [0.1, 0.15) is 23.9 Å². The van der Waals surface area contributed by atoms with Crippen molar-refractivity contribution in [3.8, 4) is 28.7 Å². The van der Waals surface area contributed by atoms with Crippen molar-refractivity contribution in [3.05, 3.63) is 81.4 Å². The SMILES string of the molecule is COc1cc(OC)cc(C(=O)N2CCc3cc(OC)c(OC)cc3[C@H]2COc2ccc([N+](=O)[O-])cc2)c1. The third-order valence-corrected chi connectivity index (χ3v) is 6.32. The van der Waals surface area contributed by atoms with Gasteiger partial charge in [0, 0.05) is 30.3 Å². The molecule has 3 aromatic carbocycles. The Morgan fingerprint density at radius 2 is 1.51 bits per heavy atom. The molecule has 1 aliphatic heterocycles. The lowest BCUT2D eigenvalue weighted by Gasteiger charge is -2.37. The molecule has 0 N–H and O–H groups in total. The number of nitro groups is 1. The van der Waals surface area contributed by atoms with Gasteiger partial charge in [-0.05, 0) is 53.9 Å². The molecule has 0 spiro atoms. The van der Waals surface area contributed by atoms with E-state index >= 15 is 0 Å². The van der Waals surface area contributed by atoms with Crippen molar-refractivity contribution < 1.29 is 33.4 Å². The first-order valence-electron chi connectivity index (χ1n) is 11.5. The lowest BCUT2D eigenvalue weighted by molar-refractivity contribution is -0.384. The van der Waals surface area contributed by atoms with Gasteiger partial charge < -0.3 is 28.6 Å². The van der Waals surface area contributed by atoms with Crippen LogP contribution in [0.5, 0.6) is 28.7 Å². The maximum absolute atomic E-state index is 13.8. The summed E-state index contributed by atoms with van der Waals surface area (Å²) in [4.78, 5) is 26.1. The summed E-state index contributed by atoms with van der Waals surface area (Å²) in [6, 6.07) is 14.2. The van der Waals surface area contributed by atoms with Crippen LogP contribution in [0.15, 0.2) is 54.6 Å². The number of fused-ring (bicyclic) bond motifs is 1. The number of hydrogen-bond acceptors (Lipinski definition) is 8. The highest BCUT2D eigenvalue weighted by Gasteiger charge is 2.34. The number of rotatable bonds is 9. The number of carbonyl (C=O) groups excluding carboxylic acids is 1. The van der Waals surface area contributed by atoms with E-state index in [9.17, 15) is 14.9 Å². The first-order valence-corrected chi connectivity index (χ1v) is 11.5. The largest absolute Gasteiger partial charge is 0.497 e. The van der Waals surface area contributed by atoms with Crippen LogP contribution in [0.3, 0.4) is 0 Å². The fourth-order valence-corrected chi connectivity index (χ4v) is 4.39. The Labute approximate surface area is 214 Å². The van der Waals surface area contributed by atoms with Crippen LogP contribution in [-0.2, 0) is 6.42 Å². The van der Waals surface area contributed by atoms with Crippen LogP contribution >= 0.6 is 0 Å². The molecule has 3 aromatic rings. The van der Waals surface area contributed by atoms with Gasteiger partial charge in [0.15, 0.2) is 11.5 Å². The average molecular weight is 509 g/mol. The smallest absolute Gasteiger partial charge is 0.269 e. The van der Waals surface area contributed by atoms with E-state index in [1.54, 1.807) is 37.3 Å². The number of non-ortho nitro benzene ring substituents is 1. The highest BCUT2D eigenvalue weighted by atomic mass is 16.6. The van der Waals surface area contributed by atoms with Crippen molar-refractivity contribution >= 4 is 11.6 Å². The van der Waals surface area contributed by atoms with Gasteiger partial charge in [-0.3, -0.25) is 14.9 Å². The van der Waals surface area contributed by atoms with Crippen LogP contribution in [0.25, 0.3) is 0 Å². The fourth-order valence-electron chi connectivity index (χ4n) is 4.39. The van der Waals surface area contributed by atoms with Gasteiger partial charge >= 0.3 is 0 Å². The van der Waals surface area contributed by atoms with Crippen LogP contribution in [0.4, 0.5) is 5.69 Å². The lowest BCUT2D eigenvalue weighted by Crippen LogP contribution is -2.42. The van der Waals surface area contributed by atoms with Gasteiger partial charge in [0.25, 0.3) is 11.6 Å². The molecule has 37 heavy (non-hydrogen) atoms. The van der Waals surface area contributed by atoms with E-state index in [2.05, 4.69) is 0 Å². The first-order chi connectivity index (χ1) is 17.9. The van der Waals surface area contributed by atoms with Crippen molar-refractivity contribution in [2.75, 3.05) is 41.6 Å². The van der Waals surface area contributed by atoms with Gasteiger partial charge in [0.2, 0.25) is 0 Å². The highest BCUT2D eigenvalue weighted by molar-refractivity contribution is 5.95. The van der Waals surface area contributed by atoms with Gasteiger partial charge in [0.05, 0.1) is 39.4 Å². The molecule has 0 bridgehead atoms. The van der Waals surface area contributed by atoms with Crippen LogP contribution in [0.2, 0.25) is 0 Å². The first kappa shape index (κ1) is 25.6. The van der Waals surface area contributed by atoms with Crippen LogP contribution in [0.1, 0.15) is 27.5 Å². The Hall–Kier alpha value is -4.47. The molecule has 1 amide bonds. The zero-order chi connectivity index (χ0) is 26.5. The fraction of sp³-hybridized carbons (Fsp3) is 0.296. The molecule has 0 aromatic heterocycles. The Balaban J connectivity index is 1.71. The highest BCUT2D eigenvalue weighted by Crippen LogP contribution is 2.39. The van der Waals surface area contributed by atoms with Gasteiger partial charge in [-0.1, -0.05) is 0 Å². The monoisotopic (exact) mass is 508 g/mol. The molecule has 0 saturated carbocycles. The standard InChI is InChI=1S/C27H28N2O8/c1-33-21-11-18(12-22(14-21)34-2)27(30)28-10-9-17-13-25(35-3)26(36-4)15-23(17)24(28)16-37-20-7-5-19(6-8-20)29(31)32/h5-8,11-15,24H,9-10,16H2,1-4H3/t24-/m1/s1. The third-order valence-electron chi connectivity index (χ3n) is 6.32. The molecule has 10 heteroatoms. The molecule has 194 valence electrons. The van der Waals surface area contributed by atoms with Crippen LogP contribution in [-0.4, -0.2) is 57.3 Å². The van der Waals surface area contributed by atoms with E-state index in [-0.39, 0.29) is 18.2 Å². The maximum atomic E-state index is 13.8. The summed E-state index contributed by atoms with van der Waals surface area (Å²) in [6.07, 6.45) is 0.608. The molecule has 0 aliphatic carbocycles. The Morgan fingerprint density at radius 3 is 2.08 bits per heavy atom. The van der Waals surface area contributed by atoms with Gasteiger partial charge in [-0.15, -0.1) is 0 Å². The zero-order valence-electron chi connectivity index (χ0n) is 21.1. The second-order valence-corrected chi connectivity index (χ2v) is 8.33. The summed E-state index contributed by atoms with van der Waals surface area (Å²) in [7, 11) is 6.19. The number of carbonyl (C=O) groups is 1. The minimum absolute atomic E-state index is 0.0315. The van der Waals surface area contributed by atoms with E-state index in [4.69, 9.17) is 23.7 Å². The zero-order valence-corrected chi connectivity index (χ0v) is 21.1. The van der Waals surface area contributed by atoms with Crippen molar-refractivity contribution in [3.63, 3.8) is 0 Å². The predicted molar refractivity (Wildman–Crippen MR) is 135 cm³/mol. The van der Waals surface area contributed by atoms with Crippen molar-refractivity contribution in [1.29, 1.82) is 0 Å². The molecule has 1 heterocycles. The van der Waals surface area contributed by atoms with E-state index in [1.807, 2.05) is 12.1 Å². The molecule has 10 nitrogen and oxygen atoms in total. The molecule has 1 atom stereocenters. The number of amides is 1. The average Bonchev–Trinajstić information content (AvgIpc) is 2.94. The molecule has 4 rings (SSSR count). The summed E-state index contributed by atoms with van der Waals surface area (Å²) in [5, 5.41) is 11.0. The van der Waals surface area contributed by atoms with Crippen molar-refractivity contribution in [1.82, 2.24) is 4.90 Å². The molecule has 0 saturated heterocycles. The molecule has 0 fully saturated rings.